The minimum atomic E-state index is 0.494. The lowest BCUT2D eigenvalue weighted by Crippen LogP contribution is -2.16. The molecule has 1 nitrogen and oxygen atoms in total. The summed E-state index contributed by atoms with van der Waals surface area (Å²) in [6, 6.07) is 0. The molecule has 12 heavy (non-hydrogen) atoms. The smallest absolute Gasteiger partial charge is 0.0578 e. The summed E-state index contributed by atoms with van der Waals surface area (Å²) in [5.41, 5.74) is 0. The van der Waals surface area contributed by atoms with Crippen LogP contribution in [0.5, 0.6) is 0 Å². The van der Waals surface area contributed by atoms with Gasteiger partial charge < -0.3 is 4.74 Å². The number of hydrogen-bond acceptors (Lipinski definition) is 1. The molecule has 0 N–H and O–H groups in total. The van der Waals surface area contributed by atoms with Gasteiger partial charge in [0.25, 0.3) is 0 Å². The average molecular weight is 170 g/mol. The third kappa shape index (κ3) is 3.57. The van der Waals surface area contributed by atoms with Crippen molar-refractivity contribution in [3.05, 3.63) is 0 Å². The van der Waals surface area contributed by atoms with Gasteiger partial charge in [-0.1, -0.05) is 32.6 Å². The zero-order valence-electron chi connectivity index (χ0n) is 8.51. The highest BCUT2D eigenvalue weighted by Gasteiger charge is 2.17. The minimum Gasteiger partial charge on any atom is -0.375 e. The van der Waals surface area contributed by atoms with Gasteiger partial charge in [0.15, 0.2) is 0 Å². The van der Waals surface area contributed by atoms with Gasteiger partial charge in [0.05, 0.1) is 12.2 Å². The lowest BCUT2D eigenvalue weighted by atomic mass is 10.2. The van der Waals surface area contributed by atoms with Crippen LogP contribution in [0.25, 0.3) is 0 Å². The maximum absolute atomic E-state index is 5.91. The molecule has 1 atom stereocenters. The second-order valence-corrected chi connectivity index (χ2v) is 4.00. The Labute approximate surface area is 76.5 Å². The fraction of sp³-hybridized carbons (Fsp3) is 1.00. The molecule has 1 fully saturated rings. The van der Waals surface area contributed by atoms with E-state index in [4.69, 9.17) is 4.74 Å². The van der Waals surface area contributed by atoms with Crippen molar-refractivity contribution in [2.24, 2.45) is 0 Å². The summed E-state index contributed by atoms with van der Waals surface area (Å²) < 4.78 is 5.91. The van der Waals surface area contributed by atoms with E-state index < -0.39 is 0 Å². The van der Waals surface area contributed by atoms with Crippen LogP contribution < -0.4 is 0 Å². The molecule has 0 aromatic rings. The van der Waals surface area contributed by atoms with Gasteiger partial charge in [-0.25, -0.2) is 0 Å². The number of rotatable bonds is 5. The van der Waals surface area contributed by atoms with E-state index in [-0.39, 0.29) is 0 Å². The summed E-state index contributed by atoms with van der Waals surface area (Å²) in [6.45, 7) is 4.45. The topological polar surface area (TPSA) is 9.23 Å². The first-order valence-corrected chi connectivity index (χ1v) is 5.48. The molecule has 0 amide bonds. The van der Waals surface area contributed by atoms with Gasteiger partial charge in [0.1, 0.15) is 0 Å². The molecule has 1 heteroatoms. The Morgan fingerprint density at radius 1 is 1.33 bits per heavy atom. The summed E-state index contributed by atoms with van der Waals surface area (Å²) in [5.74, 6) is 0. The summed E-state index contributed by atoms with van der Waals surface area (Å²) in [7, 11) is 0. The van der Waals surface area contributed by atoms with Crippen molar-refractivity contribution in [2.75, 3.05) is 0 Å². The minimum absolute atomic E-state index is 0.494. The highest BCUT2D eigenvalue weighted by Crippen LogP contribution is 2.23. The molecule has 0 aromatic carbocycles. The van der Waals surface area contributed by atoms with Crippen LogP contribution in [0.4, 0.5) is 0 Å². The van der Waals surface area contributed by atoms with E-state index in [1.165, 1.54) is 44.9 Å². The van der Waals surface area contributed by atoms with Crippen LogP contribution in [0.1, 0.15) is 58.8 Å². The fourth-order valence-electron chi connectivity index (χ4n) is 1.91. The van der Waals surface area contributed by atoms with Crippen molar-refractivity contribution in [3.8, 4) is 0 Å². The Bertz CT molecular complexity index is 106. The van der Waals surface area contributed by atoms with Gasteiger partial charge in [-0.15, -0.1) is 0 Å². The average Bonchev–Trinajstić information content (AvgIpc) is 2.53. The molecule has 1 saturated carbocycles. The number of hydrogen-bond donors (Lipinski definition) is 0. The fourth-order valence-corrected chi connectivity index (χ4v) is 1.91. The predicted octanol–water partition coefficient (Wildman–Crippen LogP) is 3.52. The first-order valence-electron chi connectivity index (χ1n) is 5.48. The molecule has 0 bridgehead atoms. The van der Waals surface area contributed by atoms with E-state index in [9.17, 15) is 0 Å². The molecule has 1 aliphatic carbocycles. The quantitative estimate of drug-likeness (QED) is 0.613. The lowest BCUT2D eigenvalue weighted by Gasteiger charge is -2.17. The van der Waals surface area contributed by atoms with Crippen molar-refractivity contribution in [1.82, 2.24) is 0 Å². The highest BCUT2D eigenvalue weighted by atomic mass is 16.5. The highest BCUT2D eigenvalue weighted by molar-refractivity contribution is 4.68. The monoisotopic (exact) mass is 170 g/mol. The van der Waals surface area contributed by atoms with E-state index in [0.29, 0.717) is 12.2 Å². The number of unbranched alkanes of at least 4 members (excludes halogenated alkanes) is 1. The summed E-state index contributed by atoms with van der Waals surface area (Å²) in [6.07, 6.45) is 10.3. The van der Waals surface area contributed by atoms with Crippen LogP contribution >= 0.6 is 0 Å². The summed E-state index contributed by atoms with van der Waals surface area (Å²) >= 11 is 0. The van der Waals surface area contributed by atoms with E-state index in [0.717, 1.165) is 0 Å². The SMILES string of the molecule is CCCCC(C)OC1CCCC1. The van der Waals surface area contributed by atoms with Gasteiger partial charge in [0, 0.05) is 0 Å². The maximum Gasteiger partial charge on any atom is 0.0578 e. The number of ether oxygens (including phenoxy) is 1. The second kappa shape index (κ2) is 5.58. The van der Waals surface area contributed by atoms with Crippen molar-refractivity contribution >= 4 is 0 Å². The molecule has 0 radical (unpaired) electrons. The third-order valence-electron chi connectivity index (χ3n) is 2.69. The molecule has 0 spiro atoms. The molecule has 1 aliphatic rings. The van der Waals surface area contributed by atoms with Crippen molar-refractivity contribution in [2.45, 2.75) is 71.0 Å². The van der Waals surface area contributed by atoms with Crippen LogP contribution in [0, 0.1) is 0 Å². The lowest BCUT2D eigenvalue weighted by molar-refractivity contribution is -0.00270. The van der Waals surface area contributed by atoms with Gasteiger partial charge in [-0.05, 0) is 26.2 Å². The molecule has 0 heterocycles. The standard InChI is InChI=1S/C11H22O/c1-3-4-7-10(2)12-11-8-5-6-9-11/h10-11H,3-9H2,1-2H3. The van der Waals surface area contributed by atoms with Crippen molar-refractivity contribution in [1.29, 1.82) is 0 Å². The Morgan fingerprint density at radius 3 is 2.58 bits per heavy atom. The molecule has 0 aliphatic heterocycles. The predicted molar refractivity (Wildman–Crippen MR) is 52.3 cm³/mol. The van der Waals surface area contributed by atoms with Crippen LogP contribution in [0.2, 0.25) is 0 Å². The second-order valence-electron chi connectivity index (χ2n) is 4.00. The van der Waals surface area contributed by atoms with E-state index in [1.54, 1.807) is 0 Å². The van der Waals surface area contributed by atoms with Crippen LogP contribution in [0.15, 0.2) is 0 Å². The zero-order chi connectivity index (χ0) is 8.81. The zero-order valence-corrected chi connectivity index (χ0v) is 8.51. The molecule has 0 aromatic heterocycles. The molecule has 0 saturated heterocycles. The summed E-state index contributed by atoms with van der Waals surface area (Å²) in [5, 5.41) is 0. The molecule has 1 rings (SSSR count). The molecule has 1 unspecified atom stereocenters. The Balaban J connectivity index is 2.03. The normalized spacial score (nSPS) is 21.5. The summed E-state index contributed by atoms with van der Waals surface area (Å²) in [4.78, 5) is 0. The van der Waals surface area contributed by atoms with Crippen molar-refractivity contribution in [3.63, 3.8) is 0 Å². The molecular formula is C11H22O. The molecule has 72 valence electrons. The van der Waals surface area contributed by atoms with Crippen LogP contribution in [-0.2, 0) is 4.74 Å². The van der Waals surface area contributed by atoms with Gasteiger partial charge >= 0.3 is 0 Å². The Kier molecular flexibility index (Phi) is 4.67. The maximum atomic E-state index is 5.91. The van der Waals surface area contributed by atoms with Gasteiger partial charge in [0.2, 0.25) is 0 Å². The van der Waals surface area contributed by atoms with Gasteiger partial charge in [-0.3, -0.25) is 0 Å². The first kappa shape index (κ1) is 10.0. The van der Waals surface area contributed by atoms with Crippen LogP contribution in [0.3, 0.4) is 0 Å². The largest absolute Gasteiger partial charge is 0.375 e. The third-order valence-corrected chi connectivity index (χ3v) is 2.69. The van der Waals surface area contributed by atoms with Crippen LogP contribution in [-0.4, -0.2) is 12.2 Å². The van der Waals surface area contributed by atoms with E-state index >= 15 is 0 Å². The first-order chi connectivity index (χ1) is 5.83. The Morgan fingerprint density at radius 2 is 2.00 bits per heavy atom. The van der Waals surface area contributed by atoms with E-state index in [1.807, 2.05) is 0 Å². The van der Waals surface area contributed by atoms with E-state index in [2.05, 4.69) is 13.8 Å². The van der Waals surface area contributed by atoms with Crippen molar-refractivity contribution < 1.29 is 4.74 Å². The molecular weight excluding hydrogens is 148 g/mol. The Hall–Kier alpha value is -0.0400. The van der Waals surface area contributed by atoms with Gasteiger partial charge in [-0.2, -0.15) is 0 Å².